The van der Waals surface area contributed by atoms with Gasteiger partial charge in [-0.1, -0.05) is 0 Å². The second-order valence-electron chi connectivity index (χ2n) is 4.95. The van der Waals surface area contributed by atoms with E-state index in [0.717, 1.165) is 13.1 Å². The minimum atomic E-state index is -0.0912. The van der Waals surface area contributed by atoms with Gasteiger partial charge in [-0.2, -0.15) is 0 Å². The average Bonchev–Trinajstić information content (AvgIpc) is 3.07. The molecule has 92 valence electrons. The maximum Gasteiger partial charge on any atom is 0.307 e. The first kappa shape index (κ1) is 11.9. The summed E-state index contributed by atoms with van der Waals surface area (Å²) in [7, 11) is 1.47. The molecule has 1 saturated heterocycles. The number of nitrogens with zero attached hydrogens (tertiary/aromatic N) is 1. The first-order chi connectivity index (χ1) is 7.72. The highest BCUT2D eigenvalue weighted by atomic mass is 16.5. The summed E-state index contributed by atoms with van der Waals surface area (Å²) in [4.78, 5) is 13.9. The predicted molar refractivity (Wildman–Crippen MR) is 62.2 cm³/mol. The SMILES string of the molecule is COC(=O)CC1CNCCC(C)N1C1CC1. The van der Waals surface area contributed by atoms with Gasteiger partial charge in [-0.05, 0) is 32.7 Å². The summed E-state index contributed by atoms with van der Waals surface area (Å²) in [6.45, 7) is 4.24. The molecule has 2 aliphatic rings. The fourth-order valence-electron chi connectivity index (χ4n) is 2.68. The van der Waals surface area contributed by atoms with Gasteiger partial charge in [0.1, 0.15) is 0 Å². The van der Waals surface area contributed by atoms with Crippen molar-refractivity contribution in [1.29, 1.82) is 0 Å². The zero-order valence-corrected chi connectivity index (χ0v) is 10.2. The number of carbonyl (C=O) groups is 1. The summed E-state index contributed by atoms with van der Waals surface area (Å²) in [5.74, 6) is -0.0912. The molecule has 0 aromatic rings. The Morgan fingerprint density at radius 2 is 2.19 bits per heavy atom. The van der Waals surface area contributed by atoms with E-state index in [2.05, 4.69) is 17.1 Å². The summed E-state index contributed by atoms with van der Waals surface area (Å²) < 4.78 is 4.78. The molecule has 1 saturated carbocycles. The summed E-state index contributed by atoms with van der Waals surface area (Å²) >= 11 is 0. The molecule has 0 bridgehead atoms. The molecule has 4 nitrogen and oxygen atoms in total. The lowest BCUT2D eigenvalue weighted by molar-refractivity contribution is -0.142. The predicted octanol–water partition coefficient (Wildman–Crippen LogP) is 0.764. The number of rotatable bonds is 3. The smallest absolute Gasteiger partial charge is 0.307 e. The summed E-state index contributed by atoms with van der Waals surface area (Å²) in [6.07, 6.45) is 4.28. The van der Waals surface area contributed by atoms with Crippen molar-refractivity contribution in [2.75, 3.05) is 20.2 Å². The van der Waals surface area contributed by atoms with Gasteiger partial charge in [0.25, 0.3) is 0 Å². The highest BCUT2D eigenvalue weighted by Gasteiger charge is 2.38. The summed E-state index contributed by atoms with van der Waals surface area (Å²) in [6, 6.07) is 1.61. The normalized spacial score (nSPS) is 32.1. The lowest BCUT2D eigenvalue weighted by Gasteiger charge is -2.33. The topological polar surface area (TPSA) is 41.6 Å². The standard InChI is InChI=1S/C12H22N2O2/c1-9-5-6-13-8-11(7-12(15)16-2)14(9)10-3-4-10/h9-11,13H,3-8H2,1-2H3. The van der Waals surface area contributed by atoms with Gasteiger partial charge in [-0.25, -0.2) is 0 Å². The Hall–Kier alpha value is -0.610. The minimum absolute atomic E-state index is 0.0912. The van der Waals surface area contributed by atoms with Crippen LogP contribution >= 0.6 is 0 Å². The van der Waals surface area contributed by atoms with Crippen molar-refractivity contribution >= 4 is 5.97 Å². The molecule has 0 radical (unpaired) electrons. The molecule has 1 N–H and O–H groups in total. The van der Waals surface area contributed by atoms with E-state index in [4.69, 9.17) is 4.74 Å². The molecule has 1 aliphatic carbocycles. The minimum Gasteiger partial charge on any atom is -0.469 e. The zero-order valence-electron chi connectivity index (χ0n) is 10.2. The van der Waals surface area contributed by atoms with Crippen molar-refractivity contribution in [2.45, 2.75) is 50.7 Å². The Bertz CT molecular complexity index is 253. The summed E-state index contributed by atoms with van der Waals surface area (Å²) in [5, 5.41) is 3.42. The van der Waals surface area contributed by atoms with Crippen LogP contribution in [0.5, 0.6) is 0 Å². The van der Waals surface area contributed by atoms with Crippen molar-refractivity contribution in [3.8, 4) is 0 Å². The van der Waals surface area contributed by atoms with E-state index in [0.29, 0.717) is 24.5 Å². The van der Waals surface area contributed by atoms with Crippen molar-refractivity contribution in [3.05, 3.63) is 0 Å². The number of methoxy groups -OCH3 is 1. The second-order valence-corrected chi connectivity index (χ2v) is 4.95. The van der Waals surface area contributed by atoms with Crippen LogP contribution in [0, 0.1) is 0 Å². The first-order valence-corrected chi connectivity index (χ1v) is 6.27. The van der Waals surface area contributed by atoms with Gasteiger partial charge in [0.2, 0.25) is 0 Å². The van der Waals surface area contributed by atoms with Crippen LogP contribution in [0.1, 0.15) is 32.6 Å². The van der Waals surface area contributed by atoms with Crippen LogP contribution in [-0.2, 0) is 9.53 Å². The van der Waals surface area contributed by atoms with Gasteiger partial charge < -0.3 is 10.1 Å². The van der Waals surface area contributed by atoms with Gasteiger partial charge in [0, 0.05) is 24.7 Å². The van der Waals surface area contributed by atoms with Crippen LogP contribution in [0.4, 0.5) is 0 Å². The highest BCUT2D eigenvalue weighted by Crippen LogP contribution is 2.32. The molecule has 16 heavy (non-hydrogen) atoms. The quantitative estimate of drug-likeness (QED) is 0.722. The molecule has 2 atom stereocenters. The maximum atomic E-state index is 11.4. The molecule has 0 aromatic carbocycles. The zero-order chi connectivity index (χ0) is 11.5. The molecule has 2 unspecified atom stereocenters. The van der Waals surface area contributed by atoms with E-state index >= 15 is 0 Å². The first-order valence-electron chi connectivity index (χ1n) is 6.27. The fourth-order valence-corrected chi connectivity index (χ4v) is 2.68. The van der Waals surface area contributed by atoms with Crippen molar-refractivity contribution < 1.29 is 9.53 Å². The number of nitrogens with one attached hydrogen (secondary N) is 1. The molecule has 0 amide bonds. The second kappa shape index (κ2) is 5.15. The molecular formula is C12H22N2O2. The molecule has 1 heterocycles. The van der Waals surface area contributed by atoms with Gasteiger partial charge in [-0.3, -0.25) is 9.69 Å². The average molecular weight is 226 g/mol. The Balaban J connectivity index is 2.01. The Morgan fingerprint density at radius 3 is 2.81 bits per heavy atom. The van der Waals surface area contributed by atoms with Crippen LogP contribution < -0.4 is 5.32 Å². The van der Waals surface area contributed by atoms with Crippen LogP contribution in [0.25, 0.3) is 0 Å². The molecule has 2 fully saturated rings. The van der Waals surface area contributed by atoms with E-state index in [-0.39, 0.29) is 5.97 Å². The molecule has 4 heteroatoms. The number of ether oxygens (including phenoxy) is 1. The van der Waals surface area contributed by atoms with Crippen LogP contribution in [0.2, 0.25) is 0 Å². The van der Waals surface area contributed by atoms with Crippen molar-refractivity contribution in [1.82, 2.24) is 10.2 Å². The highest BCUT2D eigenvalue weighted by molar-refractivity contribution is 5.70. The lowest BCUT2D eigenvalue weighted by atomic mass is 10.1. The molecule has 0 aromatic heterocycles. The molecule has 0 spiro atoms. The molecular weight excluding hydrogens is 204 g/mol. The third-order valence-corrected chi connectivity index (χ3v) is 3.65. The maximum absolute atomic E-state index is 11.4. The Morgan fingerprint density at radius 1 is 1.44 bits per heavy atom. The molecule has 1 aliphatic heterocycles. The van der Waals surface area contributed by atoms with Crippen molar-refractivity contribution in [3.63, 3.8) is 0 Å². The van der Waals surface area contributed by atoms with E-state index in [1.54, 1.807) is 0 Å². The Labute approximate surface area is 97.3 Å². The third kappa shape index (κ3) is 2.74. The Kier molecular flexibility index (Phi) is 3.82. The lowest BCUT2D eigenvalue weighted by Crippen LogP contribution is -2.46. The van der Waals surface area contributed by atoms with Gasteiger partial charge in [0.15, 0.2) is 0 Å². The van der Waals surface area contributed by atoms with Gasteiger partial charge in [-0.15, -0.1) is 0 Å². The van der Waals surface area contributed by atoms with Crippen LogP contribution in [0.15, 0.2) is 0 Å². The number of carbonyl (C=O) groups excluding carboxylic acids is 1. The number of hydrogen-bond donors (Lipinski definition) is 1. The third-order valence-electron chi connectivity index (χ3n) is 3.65. The summed E-state index contributed by atoms with van der Waals surface area (Å²) in [5.41, 5.74) is 0. The molecule has 2 rings (SSSR count). The van der Waals surface area contributed by atoms with Crippen LogP contribution in [0.3, 0.4) is 0 Å². The van der Waals surface area contributed by atoms with Gasteiger partial charge >= 0.3 is 5.97 Å². The monoisotopic (exact) mass is 226 g/mol. The van der Waals surface area contributed by atoms with E-state index in [1.165, 1.54) is 26.4 Å². The number of esters is 1. The largest absolute Gasteiger partial charge is 0.469 e. The number of hydrogen-bond acceptors (Lipinski definition) is 4. The van der Waals surface area contributed by atoms with E-state index in [1.807, 2.05) is 0 Å². The van der Waals surface area contributed by atoms with Gasteiger partial charge in [0.05, 0.1) is 13.5 Å². The van der Waals surface area contributed by atoms with E-state index in [9.17, 15) is 4.79 Å². The van der Waals surface area contributed by atoms with Crippen molar-refractivity contribution in [2.24, 2.45) is 0 Å². The van der Waals surface area contributed by atoms with Crippen LogP contribution in [-0.4, -0.2) is 49.2 Å². The fraction of sp³-hybridized carbons (Fsp3) is 0.917. The van der Waals surface area contributed by atoms with E-state index < -0.39 is 0 Å².